The Morgan fingerprint density at radius 3 is 2.68 bits per heavy atom. The van der Waals surface area contributed by atoms with Crippen molar-refractivity contribution in [2.75, 3.05) is 20.1 Å². The second-order valence-electron chi connectivity index (χ2n) is 5.87. The predicted molar refractivity (Wildman–Crippen MR) is 78.1 cm³/mol. The van der Waals surface area contributed by atoms with Crippen molar-refractivity contribution in [1.29, 1.82) is 0 Å². The molecule has 1 heterocycles. The fourth-order valence-corrected chi connectivity index (χ4v) is 3.16. The molecule has 3 nitrogen and oxygen atoms in total. The summed E-state index contributed by atoms with van der Waals surface area (Å²) in [6, 6.07) is 6.56. The number of hydrogen-bond acceptors (Lipinski definition) is 2. The average molecular weight is 260 g/mol. The Labute approximate surface area is 115 Å². The summed E-state index contributed by atoms with van der Waals surface area (Å²) in [4.78, 5) is 13.7. The van der Waals surface area contributed by atoms with Crippen molar-refractivity contribution in [2.24, 2.45) is 5.73 Å². The Morgan fingerprint density at radius 2 is 2.05 bits per heavy atom. The van der Waals surface area contributed by atoms with E-state index in [0.29, 0.717) is 13.0 Å². The molecule has 2 rings (SSSR count). The smallest absolute Gasteiger partial charge is 0.222 e. The summed E-state index contributed by atoms with van der Waals surface area (Å²) in [5.74, 6) is 0.236. The standard InChI is InChI=1S/C16H24N2O/c1-12-4-5-14(13(2)10-12)16(11-17)7-6-15(19)18(3)9-8-16/h4-5,10H,6-9,11,17H2,1-3H3. The SMILES string of the molecule is Cc1ccc(C2(CN)CCC(=O)N(C)CC2)c(C)c1. The van der Waals surface area contributed by atoms with Crippen molar-refractivity contribution in [1.82, 2.24) is 4.90 Å². The molecule has 0 spiro atoms. The molecule has 1 fully saturated rings. The zero-order valence-corrected chi connectivity index (χ0v) is 12.2. The van der Waals surface area contributed by atoms with Gasteiger partial charge >= 0.3 is 0 Å². The Bertz CT molecular complexity index is 484. The van der Waals surface area contributed by atoms with E-state index >= 15 is 0 Å². The summed E-state index contributed by atoms with van der Waals surface area (Å²) in [6.45, 7) is 5.66. The molecule has 1 aromatic carbocycles. The van der Waals surface area contributed by atoms with Crippen LogP contribution in [-0.2, 0) is 10.2 Å². The summed E-state index contributed by atoms with van der Waals surface area (Å²) < 4.78 is 0. The number of aryl methyl sites for hydroxylation is 2. The maximum Gasteiger partial charge on any atom is 0.222 e. The van der Waals surface area contributed by atoms with Gasteiger partial charge < -0.3 is 10.6 Å². The Balaban J connectivity index is 2.39. The molecule has 0 radical (unpaired) electrons. The normalized spacial score (nSPS) is 24.4. The third kappa shape index (κ3) is 2.66. The Morgan fingerprint density at radius 1 is 1.32 bits per heavy atom. The van der Waals surface area contributed by atoms with Crippen LogP contribution in [0.2, 0.25) is 0 Å². The van der Waals surface area contributed by atoms with Gasteiger partial charge in [-0.1, -0.05) is 23.8 Å². The van der Waals surface area contributed by atoms with Gasteiger partial charge in [-0.25, -0.2) is 0 Å². The van der Waals surface area contributed by atoms with E-state index in [2.05, 4.69) is 32.0 Å². The molecule has 1 aromatic rings. The van der Waals surface area contributed by atoms with Crippen LogP contribution >= 0.6 is 0 Å². The first-order valence-electron chi connectivity index (χ1n) is 7.00. The van der Waals surface area contributed by atoms with Crippen molar-refractivity contribution >= 4 is 5.91 Å². The van der Waals surface area contributed by atoms with Crippen LogP contribution in [-0.4, -0.2) is 30.9 Å². The van der Waals surface area contributed by atoms with Crippen molar-refractivity contribution in [2.45, 2.75) is 38.5 Å². The van der Waals surface area contributed by atoms with E-state index in [1.807, 2.05) is 11.9 Å². The number of carbonyl (C=O) groups is 1. The van der Waals surface area contributed by atoms with Gasteiger partial charge in [-0.3, -0.25) is 4.79 Å². The van der Waals surface area contributed by atoms with Gasteiger partial charge in [0.15, 0.2) is 0 Å². The lowest BCUT2D eigenvalue weighted by atomic mass is 9.72. The second-order valence-corrected chi connectivity index (χ2v) is 5.87. The number of rotatable bonds is 2. The number of likely N-dealkylation sites (tertiary alicyclic amines) is 1. The maximum absolute atomic E-state index is 11.9. The van der Waals surface area contributed by atoms with E-state index in [1.54, 1.807) is 0 Å². The Hall–Kier alpha value is -1.35. The molecule has 1 unspecified atom stereocenters. The van der Waals surface area contributed by atoms with Gasteiger partial charge in [0, 0.05) is 32.0 Å². The van der Waals surface area contributed by atoms with Crippen LogP contribution in [0.1, 0.15) is 36.0 Å². The lowest BCUT2D eigenvalue weighted by Gasteiger charge is -2.33. The van der Waals surface area contributed by atoms with E-state index in [4.69, 9.17) is 5.73 Å². The van der Waals surface area contributed by atoms with E-state index in [1.165, 1.54) is 16.7 Å². The minimum absolute atomic E-state index is 0.0434. The predicted octanol–water partition coefficient (Wildman–Crippen LogP) is 2.14. The minimum atomic E-state index is -0.0434. The molecule has 1 saturated heterocycles. The summed E-state index contributed by atoms with van der Waals surface area (Å²) in [6.07, 6.45) is 2.41. The topological polar surface area (TPSA) is 46.3 Å². The second kappa shape index (κ2) is 5.33. The van der Waals surface area contributed by atoms with Crippen molar-refractivity contribution in [3.8, 4) is 0 Å². The zero-order valence-electron chi connectivity index (χ0n) is 12.2. The molecule has 1 aliphatic rings. The highest BCUT2D eigenvalue weighted by molar-refractivity contribution is 5.76. The molecule has 0 aromatic heterocycles. The van der Waals surface area contributed by atoms with E-state index < -0.39 is 0 Å². The van der Waals surface area contributed by atoms with Crippen LogP contribution in [0.15, 0.2) is 18.2 Å². The highest BCUT2D eigenvalue weighted by Gasteiger charge is 2.35. The van der Waals surface area contributed by atoms with Gasteiger partial charge in [0.1, 0.15) is 0 Å². The van der Waals surface area contributed by atoms with Gasteiger partial charge in [-0.15, -0.1) is 0 Å². The van der Waals surface area contributed by atoms with Crippen LogP contribution in [0.25, 0.3) is 0 Å². The maximum atomic E-state index is 11.9. The van der Waals surface area contributed by atoms with Crippen LogP contribution < -0.4 is 5.73 Å². The van der Waals surface area contributed by atoms with Crippen LogP contribution in [0, 0.1) is 13.8 Å². The van der Waals surface area contributed by atoms with E-state index in [9.17, 15) is 4.79 Å². The molecule has 0 saturated carbocycles. The van der Waals surface area contributed by atoms with Gasteiger partial charge in [0.05, 0.1) is 0 Å². The number of carbonyl (C=O) groups excluding carboxylic acids is 1. The quantitative estimate of drug-likeness (QED) is 0.885. The number of nitrogens with zero attached hydrogens (tertiary/aromatic N) is 1. The largest absolute Gasteiger partial charge is 0.346 e. The van der Waals surface area contributed by atoms with Gasteiger partial charge in [0.25, 0.3) is 0 Å². The summed E-state index contributed by atoms with van der Waals surface area (Å²) in [7, 11) is 1.89. The van der Waals surface area contributed by atoms with Crippen LogP contribution in [0.4, 0.5) is 0 Å². The average Bonchev–Trinajstić information content (AvgIpc) is 2.52. The molecule has 1 amide bonds. The zero-order chi connectivity index (χ0) is 14.0. The molecular weight excluding hydrogens is 236 g/mol. The highest BCUT2D eigenvalue weighted by atomic mass is 16.2. The lowest BCUT2D eigenvalue weighted by Crippen LogP contribution is -2.37. The number of nitrogens with two attached hydrogens (primary N) is 1. The van der Waals surface area contributed by atoms with Gasteiger partial charge in [0.2, 0.25) is 5.91 Å². The Kier molecular flexibility index (Phi) is 3.95. The number of hydrogen-bond donors (Lipinski definition) is 1. The molecule has 0 aliphatic carbocycles. The summed E-state index contributed by atoms with van der Waals surface area (Å²) in [5.41, 5.74) is 9.95. The fourth-order valence-electron chi connectivity index (χ4n) is 3.16. The summed E-state index contributed by atoms with van der Waals surface area (Å²) in [5, 5.41) is 0. The van der Waals surface area contributed by atoms with Crippen LogP contribution in [0.5, 0.6) is 0 Å². The molecular formula is C16H24N2O. The van der Waals surface area contributed by atoms with Crippen LogP contribution in [0.3, 0.4) is 0 Å². The fraction of sp³-hybridized carbons (Fsp3) is 0.562. The third-order valence-corrected chi connectivity index (χ3v) is 4.51. The molecule has 1 aliphatic heterocycles. The molecule has 2 N–H and O–H groups in total. The molecule has 19 heavy (non-hydrogen) atoms. The number of benzene rings is 1. The third-order valence-electron chi connectivity index (χ3n) is 4.51. The first-order valence-corrected chi connectivity index (χ1v) is 7.00. The minimum Gasteiger partial charge on any atom is -0.346 e. The first-order chi connectivity index (χ1) is 8.98. The van der Waals surface area contributed by atoms with E-state index in [0.717, 1.165) is 19.4 Å². The molecule has 104 valence electrons. The van der Waals surface area contributed by atoms with Gasteiger partial charge in [-0.2, -0.15) is 0 Å². The summed E-state index contributed by atoms with van der Waals surface area (Å²) >= 11 is 0. The molecule has 3 heteroatoms. The van der Waals surface area contributed by atoms with E-state index in [-0.39, 0.29) is 11.3 Å². The van der Waals surface area contributed by atoms with Crippen molar-refractivity contribution < 1.29 is 4.79 Å². The lowest BCUT2D eigenvalue weighted by molar-refractivity contribution is -0.129. The highest BCUT2D eigenvalue weighted by Crippen LogP contribution is 2.36. The van der Waals surface area contributed by atoms with Crippen molar-refractivity contribution in [3.05, 3.63) is 34.9 Å². The molecule has 1 atom stereocenters. The monoisotopic (exact) mass is 260 g/mol. The number of amides is 1. The molecule has 0 bridgehead atoms. The van der Waals surface area contributed by atoms with Gasteiger partial charge in [-0.05, 0) is 37.8 Å². The first kappa shape index (κ1) is 14.1. The van der Waals surface area contributed by atoms with Crippen molar-refractivity contribution in [3.63, 3.8) is 0 Å².